The van der Waals surface area contributed by atoms with Crippen molar-refractivity contribution in [3.05, 3.63) is 29.7 Å². The summed E-state index contributed by atoms with van der Waals surface area (Å²) >= 11 is 0. The standard InChI is InChI=1S/C18H28N6O2/c1-4-8-24-12-15(11-19-24)18(25)23-9-5-6-16(7-10-23)22(3)13-17-20-14(2)26-21-17/h11-12,16H,4-10,13H2,1-3H3/t16-/m1/s1. The number of hydrogen-bond donors (Lipinski definition) is 0. The molecule has 0 N–H and O–H groups in total. The molecule has 1 saturated heterocycles. The number of aromatic nitrogens is 4. The van der Waals surface area contributed by atoms with Crippen LogP contribution >= 0.6 is 0 Å². The summed E-state index contributed by atoms with van der Waals surface area (Å²) in [6.07, 6.45) is 7.56. The highest BCUT2D eigenvalue weighted by atomic mass is 16.5. The van der Waals surface area contributed by atoms with Gasteiger partial charge >= 0.3 is 0 Å². The lowest BCUT2D eigenvalue weighted by molar-refractivity contribution is 0.0757. The third kappa shape index (κ3) is 4.49. The Bertz CT molecular complexity index is 725. The van der Waals surface area contributed by atoms with Crippen molar-refractivity contribution in [3.8, 4) is 0 Å². The topological polar surface area (TPSA) is 80.3 Å². The van der Waals surface area contributed by atoms with Gasteiger partial charge in [-0.1, -0.05) is 12.1 Å². The van der Waals surface area contributed by atoms with E-state index < -0.39 is 0 Å². The molecule has 0 spiro atoms. The van der Waals surface area contributed by atoms with Crippen LogP contribution in [-0.2, 0) is 13.1 Å². The average Bonchev–Trinajstić information content (AvgIpc) is 3.16. The molecule has 8 heteroatoms. The first-order valence-corrected chi connectivity index (χ1v) is 9.38. The Morgan fingerprint density at radius 2 is 2.23 bits per heavy atom. The number of likely N-dealkylation sites (tertiary alicyclic amines) is 1. The van der Waals surface area contributed by atoms with Crippen molar-refractivity contribution >= 4 is 5.91 Å². The van der Waals surface area contributed by atoms with E-state index >= 15 is 0 Å². The molecular weight excluding hydrogens is 332 g/mol. The summed E-state index contributed by atoms with van der Waals surface area (Å²) in [4.78, 5) is 21.3. The Balaban J connectivity index is 1.55. The Morgan fingerprint density at radius 3 is 2.96 bits per heavy atom. The molecule has 0 radical (unpaired) electrons. The number of carbonyl (C=O) groups is 1. The maximum Gasteiger partial charge on any atom is 0.257 e. The number of rotatable bonds is 6. The van der Waals surface area contributed by atoms with E-state index in [9.17, 15) is 4.79 Å². The summed E-state index contributed by atoms with van der Waals surface area (Å²) in [6.45, 7) is 6.97. The molecule has 8 nitrogen and oxygen atoms in total. The Kier molecular flexibility index (Phi) is 6.03. The first-order chi connectivity index (χ1) is 12.6. The van der Waals surface area contributed by atoms with Crippen LogP contribution in [0.25, 0.3) is 0 Å². The minimum atomic E-state index is 0.0875. The van der Waals surface area contributed by atoms with Crippen LogP contribution in [0, 0.1) is 6.92 Å². The van der Waals surface area contributed by atoms with Gasteiger partial charge in [-0.15, -0.1) is 0 Å². The average molecular weight is 360 g/mol. The summed E-state index contributed by atoms with van der Waals surface area (Å²) in [6, 6.07) is 0.412. The molecule has 0 saturated carbocycles. The van der Waals surface area contributed by atoms with Crippen LogP contribution in [0.3, 0.4) is 0 Å². The van der Waals surface area contributed by atoms with Gasteiger partial charge in [0.2, 0.25) is 5.89 Å². The zero-order chi connectivity index (χ0) is 18.5. The maximum atomic E-state index is 12.8. The zero-order valence-corrected chi connectivity index (χ0v) is 15.9. The smallest absolute Gasteiger partial charge is 0.257 e. The van der Waals surface area contributed by atoms with Crippen LogP contribution in [0.15, 0.2) is 16.9 Å². The predicted molar refractivity (Wildman–Crippen MR) is 96.6 cm³/mol. The molecule has 1 aliphatic heterocycles. The van der Waals surface area contributed by atoms with Crippen LogP contribution in [0.1, 0.15) is 54.7 Å². The van der Waals surface area contributed by atoms with Gasteiger partial charge in [0.1, 0.15) is 0 Å². The van der Waals surface area contributed by atoms with Crippen molar-refractivity contribution in [3.63, 3.8) is 0 Å². The third-order valence-electron chi connectivity index (χ3n) is 4.90. The fraction of sp³-hybridized carbons (Fsp3) is 0.667. The van der Waals surface area contributed by atoms with E-state index in [2.05, 4.69) is 34.1 Å². The molecule has 1 amide bonds. The minimum Gasteiger partial charge on any atom is -0.340 e. The van der Waals surface area contributed by atoms with Gasteiger partial charge in [0.05, 0.1) is 18.3 Å². The molecule has 0 bridgehead atoms. The van der Waals surface area contributed by atoms with Crippen molar-refractivity contribution in [2.24, 2.45) is 0 Å². The summed E-state index contributed by atoms with van der Waals surface area (Å²) in [5, 5.41) is 8.25. The summed E-state index contributed by atoms with van der Waals surface area (Å²) in [7, 11) is 2.09. The second kappa shape index (κ2) is 8.44. The highest BCUT2D eigenvalue weighted by Crippen LogP contribution is 2.19. The summed E-state index contributed by atoms with van der Waals surface area (Å²) in [5.74, 6) is 1.39. The molecule has 1 atom stereocenters. The summed E-state index contributed by atoms with van der Waals surface area (Å²) < 4.78 is 6.89. The van der Waals surface area contributed by atoms with Gasteiger partial charge in [0.25, 0.3) is 5.91 Å². The van der Waals surface area contributed by atoms with Crippen molar-refractivity contribution in [2.75, 3.05) is 20.1 Å². The fourth-order valence-electron chi connectivity index (χ4n) is 3.49. The molecule has 0 aliphatic carbocycles. The molecule has 2 aromatic heterocycles. The van der Waals surface area contributed by atoms with Gasteiger partial charge in [-0.2, -0.15) is 10.1 Å². The second-order valence-electron chi connectivity index (χ2n) is 7.01. The number of amides is 1. The number of hydrogen-bond acceptors (Lipinski definition) is 6. The predicted octanol–water partition coefficient (Wildman–Crippen LogP) is 2.11. The number of nitrogens with zero attached hydrogens (tertiary/aromatic N) is 6. The fourth-order valence-corrected chi connectivity index (χ4v) is 3.49. The molecular formula is C18H28N6O2. The highest BCUT2D eigenvalue weighted by molar-refractivity contribution is 5.93. The molecule has 1 fully saturated rings. The van der Waals surface area contributed by atoms with Gasteiger partial charge in [0.15, 0.2) is 5.82 Å². The van der Waals surface area contributed by atoms with Crippen LogP contribution in [-0.4, -0.2) is 61.8 Å². The van der Waals surface area contributed by atoms with Gasteiger partial charge < -0.3 is 9.42 Å². The van der Waals surface area contributed by atoms with Crippen LogP contribution < -0.4 is 0 Å². The molecule has 3 rings (SSSR count). The lowest BCUT2D eigenvalue weighted by Crippen LogP contribution is -2.35. The molecule has 0 aromatic carbocycles. The number of aryl methyl sites for hydroxylation is 2. The van der Waals surface area contributed by atoms with E-state index in [-0.39, 0.29) is 5.91 Å². The van der Waals surface area contributed by atoms with E-state index in [0.29, 0.717) is 29.9 Å². The van der Waals surface area contributed by atoms with Gasteiger partial charge in [0, 0.05) is 38.8 Å². The zero-order valence-electron chi connectivity index (χ0n) is 15.9. The van der Waals surface area contributed by atoms with Gasteiger partial charge in [-0.05, 0) is 32.7 Å². The maximum absolute atomic E-state index is 12.8. The molecule has 2 aromatic rings. The molecule has 142 valence electrons. The Hall–Kier alpha value is -2.22. The normalized spacial score (nSPS) is 18.3. The third-order valence-corrected chi connectivity index (χ3v) is 4.90. The Morgan fingerprint density at radius 1 is 1.38 bits per heavy atom. The monoisotopic (exact) mass is 360 g/mol. The van der Waals surface area contributed by atoms with E-state index in [1.165, 1.54) is 0 Å². The van der Waals surface area contributed by atoms with E-state index in [1.807, 2.05) is 15.8 Å². The largest absolute Gasteiger partial charge is 0.340 e. The molecule has 26 heavy (non-hydrogen) atoms. The van der Waals surface area contributed by atoms with Crippen LogP contribution in [0.5, 0.6) is 0 Å². The Labute approximate surface area is 154 Å². The van der Waals surface area contributed by atoms with E-state index in [1.54, 1.807) is 13.1 Å². The molecule has 1 aliphatic rings. The van der Waals surface area contributed by atoms with Crippen LogP contribution in [0.4, 0.5) is 0 Å². The minimum absolute atomic E-state index is 0.0875. The highest BCUT2D eigenvalue weighted by Gasteiger charge is 2.25. The lowest BCUT2D eigenvalue weighted by atomic mass is 10.1. The number of carbonyl (C=O) groups excluding carboxylic acids is 1. The van der Waals surface area contributed by atoms with Gasteiger partial charge in [-0.3, -0.25) is 14.4 Å². The van der Waals surface area contributed by atoms with E-state index in [4.69, 9.17) is 4.52 Å². The van der Waals surface area contributed by atoms with Gasteiger partial charge in [-0.25, -0.2) is 0 Å². The van der Waals surface area contributed by atoms with E-state index in [0.717, 1.165) is 45.3 Å². The molecule has 0 unspecified atom stereocenters. The van der Waals surface area contributed by atoms with Crippen molar-refractivity contribution < 1.29 is 9.32 Å². The summed E-state index contributed by atoms with van der Waals surface area (Å²) in [5.41, 5.74) is 0.688. The SMILES string of the molecule is CCCn1cc(C(=O)N2CCC[C@@H](N(C)Cc3noc(C)n3)CC2)cn1. The van der Waals surface area contributed by atoms with Crippen LogP contribution in [0.2, 0.25) is 0 Å². The second-order valence-corrected chi connectivity index (χ2v) is 7.01. The first-order valence-electron chi connectivity index (χ1n) is 9.38. The lowest BCUT2D eigenvalue weighted by Gasteiger charge is -2.26. The van der Waals surface area contributed by atoms with Crippen molar-refractivity contribution in [2.45, 2.75) is 58.7 Å². The van der Waals surface area contributed by atoms with Crippen molar-refractivity contribution in [1.29, 1.82) is 0 Å². The quantitative estimate of drug-likeness (QED) is 0.785. The van der Waals surface area contributed by atoms with Crippen molar-refractivity contribution in [1.82, 2.24) is 29.7 Å². The molecule has 3 heterocycles. The first kappa shape index (κ1) is 18.6.